The second kappa shape index (κ2) is 8.36. The van der Waals surface area contributed by atoms with E-state index in [2.05, 4.69) is 26.7 Å². The summed E-state index contributed by atoms with van der Waals surface area (Å²) in [6, 6.07) is 5.63. The molecule has 1 aromatic rings. The highest BCUT2D eigenvalue weighted by atomic mass is 28.4. The highest BCUT2D eigenvalue weighted by Gasteiger charge is 2.56. The molecular formula is C18H25NO5Si. The first-order chi connectivity index (χ1) is 12.0. The molecule has 1 aromatic heterocycles. The van der Waals surface area contributed by atoms with Gasteiger partial charge in [0, 0.05) is 6.42 Å². The number of ether oxygens (including phenoxy) is 1. The van der Waals surface area contributed by atoms with E-state index in [0.717, 1.165) is 23.0 Å². The molecule has 1 aliphatic rings. The molecule has 0 N–H and O–H groups in total. The average Bonchev–Trinajstić information content (AvgIpc) is 3.15. The zero-order valence-electron chi connectivity index (χ0n) is 15.0. The van der Waals surface area contributed by atoms with Crippen molar-refractivity contribution in [3.63, 3.8) is 0 Å². The molecule has 2 unspecified atom stereocenters. The summed E-state index contributed by atoms with van der Waals surface area (Å²) in [6.07, 6.45) is 5.57. The van der Waals surface area contributed by atoms with Crippen molar-refractivity contribution in [1.82, 2.24) is 4.90 Å². The molecule has 25 heavy (non-hydrogen) atoms. The Morgan fingerprint density at radius 1 is 1.36 bits per heavy atom. The Kier molecular flexibility index (Phi) is 6.45. The van der Waals surface area contributed by atoms with Crippen LogP contribution >= 0.6 is 0 Å². The summed E-state index contributed by atoms with van der Waals surface area (Å²) in [5, 5.41) is 0. The lowest BCUT2D eigenvalue weighted by Crippen LogP contribution is -2.64. The summed E-state index contributed by atoms with van der Waals surface area (Å²) in [4.78, 5) is 25.9. The highest BCUT2D eigenvalue weighted by Crippen LogP contribution is 2.41. The van der Waals surface area contributed by atoms with Crippen molar-refractivity contribution in [2.45, 2.75) is 57.5 Å². The van der Waals surface area contributed by atoms with Gasteiger partial charge in [0.1, 0.15) is 18.4 Å². The van der Waals surface area contributed by atoms with Gasteiger partial charge in [-0.15, -0.1) is 12.3 Å². The van der Waals surface area contributed by atoms with Crippen LogP contribution in [0.4, 0.5) is 4.79 Å². The molecular weight excluding hydrogens is 338 g/mol. The first-order valence-corrected chi connectivity index (χ1v) is 11.2. The van der Waals surface area contributed by atoms with Gasteiger partial charge >= 0.3 is 6.09 Å². The van der Waals surface area contributed by atoms with Gasteiger partial charge in [-0.25, -0.2) is 9.69 Å². The number of β-lactam (4-membered cyclic amide) rings is 1. The lowest BCUT2D eigenvalue weighted by atomic mass is 9.96. The number of imide groups is 1. The van der Waals surface area contributed by atoms with E-state index >= 15 is 0 Å². The van der Waals surface area contributed by atoms with Gasteiger partial charge in [0.05, 0.1) is 6.26 Å². The Morgan fingerprint density at radius 3 is 2.56 bits per heavy atom. The number of nitrogens with zero attached hydrogens (tertiary/aromatic N) is 1. The quantitative estimate of drug-likeness (QED) is 0.305. The third-order valence-corrected chi connectivity index (χ3v) is 9.48. The molecule has 0 aromatic carbocycles. The number of likely N-dealkylation sites (tertiary alicyclic amines) is 1. The van der Waals surface area contributed by atoms with Gasteiger partial charge in [-0.3, -0.25) is 4.79 Å². The first-order valence-electron chi connectivity index (χ1n) is 8.68. The number of hydrogen-bond acceptors (Lipinski definition) is 5. The van der Waals surface area contributed by atoms with Crippen LogP contribution in [0.25, 0.3) is 0 Å². The minimum absolute atomic E-state index is 0.0765. The summed E-state index contributed by atoms with van der Waals surface area (Å²) in [5.74, 6) is 2.53. The Bertz CT molecular complexity index is 624. The molecule has 2 amide bonds. The van der Waals surface area contributed by atoms with Gasteiger partial charge in [-0.2, -0.15) is 0 Å². The molecule has 6 nitrogen and oxygen atoms in total. The van der Waals surface area contributed by atoms with E-state index in [1.165, 1.54) is 6.26 Å². The van der Waals surface area contributed by atoms with Crippen molar-refractivity contribution in [2.24, 2.45) is 0 Å². The maximum absolute atomic E-state index is 12.6. The van der Waals surface area contributed by atoms with Gasteiger partial charge < -0.3 is 13.6 Å². The van der Waals surface area contributed by atoms with E-state index in [-0.39, 0.29) is 12.5 Å². The third-order valence-electron chi connectivity index (χ3n) is 4.86. The zero-order chi connectivity index (χ0) is 18.4. The highest BCUT2D eigenvalue weighted by molar-refractivity contribution is 6.73. The molecule has 2 heterocycles. The van der Waals surface area contributed by atoms with Crippen molar-refractivity contribution < 1.29 is 23.2 Å². The molecule has 0 bridgehead atoms. The predicted octanol–water partition coefficient (Wildman–Crippen LogP) is 3.71. The standard InChI is InChI=1S/C18H25NO5Si/c1-5-9-12-23-18(21)19-15(14-11-10-13-22-14)16(17(19)20)24-25(6-2,7-3)8-4/h1,10-11,13,15-16H,6-9,12H2,2-4H3. The Balaban J connectivity index is 2.19. The molecule has 2 rings (SSSR count). The minimum atomic E-state index is -2.01. The minimum Gasteiger partial charge on any atom is -0.467 e. The molecule has 1 saturated heterocycles. The van der Waals surface area contributed by atoms with E-state index in [1.54, 1.807) is 12.1 Å². The van der Waals surface area contributed by atoms with E-state index < -0.39 is 26.6 Å². The van der Waals surface area contributed by atoms with E-state index in [1.807, 2.05) is 0 Å². The maximum Gasteiger partial charge on any atom is 0.417 e. The van der Waals surface area contributed by atoms with E-state index in [0.29, 0.717) is 12.2 Å². The topological polar surface area (TPSA) is 69.0 Å². The molecule has 1 fully saturated rings. The number of amides is 2. The van der Waals surface area contributed by atoms with Crippen LogP contribution in [0, 0.1) is 12.3 Å². The number of terminal acetylenes is 1. The van der Waals surface area contributed by atoms with Gasteiger partial charge in [0.15, 0.2) is 14.4 Å². The van der Waals surface area contributed by atoms with E-state index in [9.17, 15) is 9.59 Å². The molecule has 0 spiro atoms. The van der Waals surface area contributed by atoms with Crippen LogP contribution in [0.1, 0.15) is 39.0 Å². The Morgan fingerprint density at radius 2 is 2.04 bits per heavy atom. The fourth-order valence-corrected chi connectivity index (χ4v) is 5.82. The summed E-state index contributed by atoms with van der Waals surface area (Å²) >= 11 is 0. The van der Waals surface area contributed by atoms with Crippen molar-refractivity contribution in [1.29, 1.82) is 0 Å². The van der Waals surface area contributed by atoms with Crippen LogP contribution in [0.3, 0.4) is 0 Å². The van der Waals surface area contributed by atoms with Crippen molar-refractivity contribution >= 4 is 20.3 Å². The number of carbonyl (C=O) groups is 2. The van der Waals surface area contributed by atoms with Gasteiger partial charge in [-0.05, 0) is 30.3 Å². The summed E-state index contributed by atoms with van der Waals surface area (Å²) in [5.41, 5.74) is 0. The smallest absolute Gasteiger partial charge is 0.417 e. The SMILES string of the molecule is C#CCCOC(=O)N1C(=O)C(O[Si](CC)(CC)CC)C1c1ccco1. The normalized spacial score (nSPS) is 20.1. The molecule has 1 aliphatic heterocycles. The summed E-state index contributed by atoms with van der Waals surface area (Å²) < 4.78 is 16.8. The van der Waals surface area contributed by atoms with Crippen LogP contribution < -0.4 is 0 Å². The van der Waals surface area contributed by atoms with Crippen LogP contribution in [0.15, 0.2) is 22.8 Å². The number of rotatable bonds is 8. The maximum atomic E-state index is 12.6. The molecule has 0 radical (unpaired) electrons. The largest absolute Gasteiger partial charge is 0.467 e. The van der Waals surface area contributed by atoms with Crippen molar-refractivity contribution in [3.8, 4) is 12.3 Å². The monoisotopic (exact) mass is 363 g/mol. The Hall–Kier alpha value is -2.04. The summed E-state index contributed by atoms with van der Waals surface area (Å²) in [6.45, 7) is 6.36. The van der Waals surface area contributed by atoms with Crippen molar-refractivity contribution in [3.05, 3.63) is 24.2 Å². The number of furan rings is 1. The van der Waals surface area contributed by atoms with Crippen LogP contribution in [-0.4, -0.2) is 37.9 Å². The van der Waals surface area contributed by atoms with E-state index in [4.69, 9.17) is 20.0 Å². The van der Waals surface area contributed by atoms with Crippen LogP contribution in [0.2, 0.25) is 18.1 Å². The van der Waals surface area contributed by atoms with Gasteiger partial charge in [0.25, 0.3) is 5.91 Å². The first kappa shape index (κ1) is 19.3. The zero-order valence-corrected chi connectivity index (χ0v) is 16.0. The lowest BCUT2D eigenvalue weighted by Gasteiger charge is -2.46. The summed E-state index contributed by atoms with van der Waals surface area (Å²) in [7, 11) is -2.01. The third kappa shape index (κ3) is 3.80. The van der Waals surface area contributed by atoms with Gasteiger partial charge in [-0.1, -0.05) is 20.8 Å². The molecule has 7 heteroatoms. The predicted molar refractivity (Wildman–Crippen MR) is 95.2 cm³/mol. The second-order valence-corrected chi connectivity index (χ2v) is 10.7. The molecule has 0 saturated carbocycles. The number of carbonyl (C=O) groups excluding carboxylic acids is 2. The molecule has 0 aliphatic carbocycles. The van der Waals surface area contributed by atoms with Crippen molar-refractivity contribution in [2.75, 3.05) is 6.61 Å². The van der Waals surface area contributed by atoms with Crippen LogP contribution in [0.5, 0.6) is 0 Å². The fourth-order valence-electron chi connectivity index (χ4n) is 3.05. The fraction of sp³-hybridized carbons (Fsp3) is 0.556. The Labute approximate surface area is 149 Å². The lowest BCUT2D eigenvalue weighted by molar-refractivity contribution is -0.162. The van der Waals surface area contributed by atoms with Crippen LogP contribution in [-0.2, 0) is 14.0 Å². The molecule has 2 atom stereocenters. The average molecular weight is 363 g/mol. The molecule has 136 valence electrons. The second-order valence-electron chi connectivity index (χ2n) is 6.02. The van der Waals surface area contributed by atoms with Gasteiger partial charge in [0.2, 0.25) is 0 Å². The number of hydrogen-bond donors (Lipinski definition) is 0.